The van der Waals surface area contributed by atoms with Crippen molar-refractivity contribution in [3.63, 3.8) is 0 Å². The lowest BCUT2D eigenvalue weighted by Gasteiger charge is -2.03. The predicted molar refractivity (Wildman–Crippen MR) is 60.9 cm³/mol. The maximum atomic E-state index is 13.0. The fraction of sp³-hybridized carbons (Fsp3) is 0. The van der Waals surface area contributed by atoms with Gasteiger partial charge in [-0.25, -0.2) is 8.60 Å². The van der Waals surface area contributed by atoms with Crippen molar-refractivity contribution in [3.8, 4) is 11.1 Å². The maximum absolute atomic E-state index is 13.0. The lowest BCUT2D eigenvalue weighted by molar-refractivity contribution is 0.564. The molecule has 0 amide bonds. The third-order valence-corrected chi connectivity index (χ3v) is 2.85. The second-order valence-electron chi connectivity index (χ2n) is 3.29. The second-order valence-corrected chi connectivity index (χ2v) is 4.26. The number of hydrogen-bond acceptors (Lipinski definition) is 1. The minimum atomic E-state index is -2.01. The highest BCUT2D eigenvalue weighted by molar-refractivity contribution is 7.79. The van der Waals surface area contributed by atoms with Crippen molar-refractivity contribution >= 4 is 11.1 Å². The molecule has 1 unspecified atom stereocenters. The van der Waals surface area contributed by atoms with E-state index in [1.807, 2.05) is 0 Å². The Morgan fingerprint density at radius 2 is 1.62 bits per heavy atom. The fourth-order valence-electron chi connectivity index (χ4n) is 1.45. The van der Waals surface area contributed by atoms with Gasteiger partial charge in [0.1, 0.15) is 5.82 Å². The molecular weight excluding hydrogens is 227 g/mol. The number of benzene rings is 2. The van der Waals surface area contributed by atoms with Crippen LogP contribution in [0.1, 0.15) is 0 Å². The van der Waals surface area contributed by atoms with Gasteiger partial charge >= 0.3 is 0 Å². The highest BCUT2D eigenvalue weighted by Gasteiger charge is 2.03. The molecule has 4 heteroatoms. The zero-order valence-electron chi connectivity index (χ0n) is 8.26. The van der Waals surface area contributed by atoms with Gasteiger partial charge in [-0.1, -0.05) is 24.3 Å². The first-order valence-electron chi connectivity index (χ1n) is 4.64. The summed E-state index contributed by atoms with van der Waals surface area (Å²) in [6, 6.07) is 12.7. The van der Waals surface area contributed by atoms with Crippen molar-refractivity contribution in [2.75, 3.05) is 0 Å². The first-order valence-corrected chi connectivity index (χ1v) is 5.74. The lowest BCUT2D eigenvalue weighted by Crippen LogP contribution is -1.88. The average molecular weight is 236 g/mol. The van der Waals surface area contributed by atoms with Gasteiger partial charge in [0.2, 0.25) is 0 Å². The highest BCUT2D eigenvalue weighted by atomic mass is 32.2. The van der Waals surface area contributed by atoms with Gasteiger partial charge in [-0.15, -0.1) is 0 Å². The largest absolute Gasteiger partial charge is 0.302 e. The Morgan fingerprint density at radius 1 is 1.00 bits per heavy atom. The molecule has 0 aliphatic carbocycles. The monoisotopic (exact) mass is 236 g/mol. The Balaban J connectivity index is 2.48. The predicted octanol–water partition coefficient (Wildman–Crippen LogP) is 3.07. The molecule has 82 valence electrons. The van der Waals surface area contributed by atoms with Crippen LogP contribution >= 0.6 is 0 Å². The van der Waals surface area contributed by atoms with Crippen LogP contribution in [-0.4, -0.2) is 8.76 Å². The number of hydrogen-bond donors (Lipinski definition) is 1. The molecule has 2 rings (SSSR count). The van der Waals surface area contributed by atoms with Gasteiger partial charge in [-0.05, 0) is 35.4 Å². The van der Waals surface area contributed by atoms with E-state index in [-0.39, 0.29) is 5.82 Å². The van der Waals surface area contributed by atoms with Crippen molar-refractivity contribution in [3.05, 3.63) is 54.3 Å². The Bertz CT molecular complexity index is 540. The molecule has 2 aromatic rings. The molecule has 0 aromatic heterocycles. The number of halogens is 1. The summed E-state index contributed by atoms with van der Waals surface area (Å²) in [5.41, 5.74) is 1.41. The van der Waals surface area contributed by atoms with Gasteiger partial charge in [0, 0.05) is 0 Å². The molecule has 0 bridgehead atoms. The lowest BCUT2D eigenvalue weighted by atomic mass is 10.1. The van der Waals surface area contributed by atoms with Crippen LogP contribution in [0.25, 0.3) is 11.1 Å². The molecule has 0 spiro atoms. The minimum Gasteiger partial charge on any atom is -0.302 e. The van der Waals surface area contributed by atoms with Crippen LogP contribution in [0.4, 0.5) is 4.39 Å². The summed E-state index contributed by atoms with van der Waals surface area (Å²) in [6.45, 7) is 0. The van der Waals surface area contributed by atoms with Crippen molar-refractivity contribution in [2.45, 2.75) is 4.90 Å². The summed E-state index contributed by atoms with van der Waals surface area (Å²) < 4.78 is 32.8. The van der Waals surface area contributed by atoms with E-state index >= 15 is 0 Å². The van der Waals surface area contributed by atoms with Crippen molar-refractivity contribution in [2.24, 2.45) is 0 Å². The third kappa shape index (κ3) is 2.35. The van der Waals surface area contributed by atoms with E-state index < -0.39 is 11.1 Å². The first kappa shape index (κ1) is 11.0. The summed E-state index contributed by atoms with van der Waals surface area (Å²) >= 11 is -2.01. The van der Waals surface area contributed by atoms with E-state index in [1.165, 1.54) is 12.1 Å². The van der Waals surface area contributed by atoms with E-state index in [9.17, 15) is 8.60 Å². The maximum Gasteiger partial charge on any atom is 0.186 e. The van der Waals surface area contributed by atoms with Crippen LogP contribution in [0.5, 0.6) is 0 Å². The molecule has 1 atom stereocenters. The summed E-state index contributed by atoms with van der Waals surface area (Å²) in [7, 11) is 0. The zero-order valence-corrected chi connectivity index (χ0v) is 9.08. The molecule has 0 aliphatic heterocycles. The highest BCUT2D eigenvalue weighted by Crippen LogP contribution is 2.22. The van der Waals surface area contributed by atoms with Crippen LogP contribution in [0, 0.1) is 5.82 Å². The van der Waals surface area contributed by atoms with Crippen molar-refractivity contribution in [1.82, 2.24) is 0 Å². The van der Waals surface area contributed by atoms with Crippen molar-refractivity contribution < 1.29 is 13.2 Å². The van der Waals surface area contributed by atoms with Crippen LogP contribution < -0.4 is 0 Å². The first-order chi connectivity index (χ1) is 7.66. The Morgan fingerprint density at radius 3 is 2.25 bits per heavy atom. The van der Waals surface area contributed by atoms with E-state index in [0.717, 1.165) is 5.56 Å². The topological polar surface area (TPSA) is 37.3 Å². The molecule has 0 heterocycles. The Hall–Kier alpha value is -1.52. The average Bonchev–Trinajstić information content (AvgIpc) is 2.29. The third-order valence-electron chi connectivity index (χ3n) is 2.19. The van der Waals surface area contributed by atoms with E-state index in [4.69, 9.17) is 4.55 Å². The molecule has 2 aromatic carbocycles. The molecule has 0 fully saturated rings. The molecular formula is C12H9FO2S. The Kier molecular flexibility index (Phi) is 3.12. The van der Waals surface area contributed by atoms with Crippen LogP contribution in [0.3, 0.4) is 0 Å². The summed E-state index contributed by atoms with van der Waals surface area (Å²) in [4.78, 5) is 0.307. The van der Waals surface area contributed by atoms with E-state index in [0.29, 0.717) is 10.5 Å². The molecule has 0 saturated heterocycles. The summed E-state index contributed by atoms with van der Waals surface area (Å²) in [5, 5.41) is 0. The second kappa shape index (κ2) is 4.55. The van der Waals surface area contributed by atoms with Crippen molar-refractivity contribution in [1.29, 1.82) is 0 Å². The summed E-state index contributed by atoms with van der Waals surface area (Å²) in [5.74, 6) is -0.326. The molecule has 0 aliphatic rings. The molecule has 1 N–H and O–H groups in total. The standard InChI is InChI=1S/C12H9FO2S/c13-11-5-1-3-9(7-11)10-4-2-6-12(8-10)16(14)15/h1-8H,(H,14,15). The molecule has 16 heavy (non-hydrogen) atoms. The molecule has 2 nitrogen and oxygen atoms in total. The smallest absolute Gasteiger partial charge is 0.186 e. The van der Waals surface area contributed by atoms with Gasteiger partial charge in [0.05, 0.1) is 4.90 Å². The van der Waals surface area contributed by atoms with Crippen LogP contribution in [0.2, 0.25) is 0 Å². The number of rotatable bonds is 2. The van der Waals surface area contributed by atoms with Gasteiger partial charge in [0.25, 0.3) is 0 Å². The quantitative estimate of drug-likeness (QED) is 0.813. The molecule has 0 saturated carbocycles. The molecule has 0 radical (unpaired) electrons. The van der Waals surface area contributed by atoms with E-state index in [1.54, 1.807) is 36.4 Å². The minimum absolute atomic E-state index is 0.307. The van der Waals surface area contributed by atoms with Crippen LogP contribution in [0.15, 0.2) is 53.4 Å². The van der Waals surface area contributed by atoms with Crippen LogP contribution in [-0.2, 0) is 11.1 Å². The fourth-order valence-corrected chi connectivity index (χ4v) is 1.88. The van der Waals surface area contributed by atoms with Gasteiger partial charge in [-0.2, -0.15) is 0 Å². The van der Waals surface area contributed by atoms with E-state index in [2.05, 4.69) is 0 Å². The van der Waals surface area contributed by atoms with Gasteiger partial charge in [-0.3, -0.25) is 0 Å². The Labute approximate surface area is 95.0 Å². The van der Waals surface area contributed by atoms with Gasteiger partial charge < -0.3 is 4.55 Å². The van der Waals surface area contributed by atoms with Gasteiger partial charge in [0.15, 0.2) is 11.1 Å². The summed E-state index contributed by atoms with van der Waals surface area (Å²) in [6.07, 6.45) is 0. The zero-order chi connectivity index (χ0) is 11.5. The SMILES string of the molecule is O=S(O)c1cccc(-c2cccc(F)c2)c1. The normalized spacial score (nSPS) is 12.4.